The summed E-state index contributed by atoms with van der Waals surface area (Å²) < 4.78 is 11.1. The number of nitrogens with zero attached hydrogens (tertiary/aromatic N) is 2. The van der Waals surface area contributed by atoms with Gasteiger partial charge in [-0.15, -0.1) is 11.3 Å². The van der Waals surface area contributed by atoms with Gasteiger partial charge in [0.1, 0.15) is 16.4 Å². The Bertz CT molecular complexity index is 1300. The van der Waals surface area contributed by atoms with Gasteiger partial charge in [0.15, 0.2) is 0 Å². The van der Waals surface area contributed by atoms with Crippen LogP contribution >= 0.6 is 11.3 Å². The fraction of sp³-hybridized carbons (Fsp3) is 0.333. The first-order chi connectivity index (χ1) is 16.9. The van der Waals surface area contributed by atoms with Gasteiger partial charge in [0.05, 0.1) is 37.9 Å². The number of aromatic nitrogens is 2. The molecule has 2 heterocycles. The van der Waals surface area contributed by atoms with Crippen molar-refractivity contribution in [2.75, 3.05) is 20.3 Å². The zero-order valence-corrected chi connectivity index (χ0v) is 21.0. The molecule has 0 aliphatic carbocycles. The standard InChI is InChI=1S/C27H31N3O4S/c1-18(2)34-16-20(31)14-30(13-19-9-5-4-6-10-19)15-24-28-26(32)25-22(17-35-27(25)29-24)21-11-7-8-12-23(21)33-3/h4-12,17-18,20,31H,13-16H2,1-3H3,(H,28,29,32)/t20-/m1/s1. The number of aliphatic hydroxyl groups excluding tert-OH is 1. The normalized spacial score (nSPS) is 12.5. The number of aromatic amines is 1. The maximum Gasteiger partial charge on any atom is 0.260 e. The summed E-state index contributed by atoms with van der Waals surface area (Å²) in [5.41, 5.74) is 2.60. The van der Waals surface area contributed by atoms with Gasteiger partial charge in [-0.3, -0.25) is 9.69 Å². The van der Waals surface area contributed by atoms with Crippen LogP contribution in [0.25, 0.3) is 21.3 Å². The molecule has 0 radical (unpaired) electrons. The van der Waals surface area contributed by atoms with Crippen molar-refractivity contribution < 1.29 is 14.6 Å². The van der Waals surface area contributed by atoms with Crippen LogP contribution in [-0.2, 0) is 17.8 Å². The molecule has 0 aliphatic rings. The molecular formula is C27H31N3O4S. The number of rotatable bonds is 11. The molecule has 8 heteroatoms. The van der Waals surface area contributed by atoms with Crippen molar-refractivity contribution in [3.8, 4) is 16.9 Å². The average Bonchev–Trinajstić information content (AvgIpc) is 3.27. The molecule has 0 spiro atoms. The summed E-state index contributed by atoms with van der Waals surface area (Å²) in [6.07, 6.45) is -0.612. The van der Waals surface area contributed by atoms with E-state index in [1.54, 1.807) is 7.11 Å². The van der Waals surface area contributed by atoms with E-state index in [-0.39, 0.29) is 18.3 Å². The highest BCUT2D eigenvalue weighted by Gasteiger charge is 2.19. The van der Waals surface area contributed by atoms with E-state index in [0.717, 1.165) is 16.7 Å². The fourth-order valence-corrected chi connectivity index (χ4v) is 4.98. The van der Waals surface area contributed by atoms with Crippen molar-refractivity contribution in [1.82, 2.24) is 14.9 Å². The van der Waals surface area contributed by atoms with Crippen LogP contribution < -0.4 is 10.3 Å². The van der Waals surface area contributed by atoms with Crippen molar-refractivity contribution >= 4 is 21.6 Å². The molecule has 184 valence electrons. The Morgan fingerprint density at radius 3 is 2.54 bits per heavy atom. The van der Waals surface area contributed by atoms with E-state index in [1.807, 2.05) is 73.8 Å². The first-order valence-corrected chi connectivity index (χ1v) is 12.5. The third kappa shape index (κ3) is 6.35. The Kier molecular flexibility index (Phi) is 8.30. The summed E-state index contributed by atoms with van der Waals surface area (Å²) in [5, 5.41) is 13.1. The van der Waals surface area contributed by atoms with Crippen LogP contribution in [0.15, 0.2) is 64.8 Å². The summed E-state index contributed by atoms with van der Waals surface area (Å²) in [6, 6.07) is 17.7. The van der Waals surface area contributed by atoms with Gasteiger partial charge < -0.3 is 19.6 Å². The first kappa shape index (κ1) is 25.1. The van der Waals surface area contributed by atoms with Gasteiger partial charge in [-0.1, -0.05) is 48.5 Å². The van der Waals surface area contributed by atoms with E-state index in [1.165, 1.54) is 11.3 Å². The molecule has 2 aromatic heterocycles. The van der Waals surface area contributed by atoms with Gasteiger partial charge in [-0.25, -0.2) is 4.98 Å². The quantitative estimate of drug-likeness (QED) is 0.321. The minimum Gasteiger partial charge on any atom is -0.496 e. The van der Waals surface area contributed by atoms with Crippen LogP contribution in [0, 0.1) is 0 Å². The molecule has 0 saturated heterocycles. The van der Waals surface area contributed by atoms with E-state index in [2.05, 4.69) is 9.88 Å². The summed E-state index contributed by atoms with van der Waals surface area (Å²) in [6.45, 7) is 5.52. The molecule has 0 unspecified atom stereocenters. The minimum absolute atomic E-state index is 0.0453. The van der Waals surface area contributed by atoms with E-state index in [4.69, 9.17) is 14.5 Å². The lowest BCUT2D eigenvalue weighted by Crippen LogP contribution is -2.35. The largest absolute Gasteiger partial charge is 0.496 e. The summed E-state index contributed by atoms with van der Waals surface area (Å²) in [4.78, 5) is 23.7. The van der Waals surface area contributed by atoms with Crippen LogP contribution in [0.2, 0.25) is 0 Å². The van der Waals surface area contributed by atoms with Gasteiger partial charge in [-0.2, -0.15) is 0 Å². The molecule has 7 nitrogen and oxygen atoms in total. The second-order valence-corrected chi connectivity index (χ2v) is 9.59. The first-order valence-electron chi connectivity index (χ1n) is 11.6. The minimum atomic E-state index is -0.657. The molecule has 1 atom stereocenters. The van der Waals surface area contributed by atoms with Crippen LogP contribution in [0.1, 0.15) is 25.2 Å². The molecular weight excluding hydrogens is 462 g/mol. The fourth-order valence-electron chi connectivity index (χ4n) is 4.03. The van der Waals surface area contributed by atoms with E-state index >= 15 is 0 Å². The molecule has 4 aromatic rings. The number of para-hydroxylation sites is 1. The molecule has 4 rings (SSSR count). The molecule has 0 saturated carbocycles. The Hall–Kier alpha value is -3.04. The van der Waals surface area contributed by atoms with Gasteiger partial charge in [0.2, 0.25) is 0 Å². The van der Waals surface area contributed by atoms with Crippen molar-refractivity contribution in [3.05, 3.63) is 81.7 Å². The maximum absolute atomic E-state index is 13.2. The van der Waals surface area contributed by atoms with Crippen molar-refractivity contribution in [2.45, 2.75) is 39.1 Å². The molecule has 0 amide bonds. The highest BCUT2D eigenvalue weighted by Crippen LogP contribution is 2.36. The van der Waals surface area contributed by atoms with Crippen LogP contribution in [0.3, 0.4) is 0 Å². The number of aliphatic hydroxyl groups is 1. The Morgan fingerprint density at radius 1 is 1.06 bits per heavy atom. The second kappa shape index (κ2) is 11.6. The van der Waals surface area contributed by atoms with Gasteiger partial charge in [-0.05, 0) is 25.5 Å². The highest BCUT2D eigenvalue weighted by molar-refractivity contribution is 7.17. The molecule has 2 aromatic carbocycles. The van der Waals surface area contributed by atoms with Crippen molar-refractivity contribution in [1.29, 1.82) is 0 Å². The number of benzene rings is 2. The summed E-state index contributed by atoms with van der Waals surface area (Å²) in [5.74, 6) is 1.27. The lowest BCUT2D eigenvalue weighted by molar-refractivity contribution is -0.0109. The molecule has 2 N–H and O–H groups in total. The number of hydrogen-bond acceptors (Lipinski definition) is 7. The zero-order valence-electron chi connectivity index (χ0n) is 20.2. The van der Waals surface area contributed by atoms with Gasteiger partial charge >= 0.3 is 0 Å². The average molecular weight is 494 g/mol. The lowest BCUT2D eigenvalue weighted by Gasteiger charge is -2.25. The van der Waals surface area contributed by atoms with Crippen LogP contribution in [0.4, 0.5) is 0 Å². The lowest BCUT2D eigenvalue weighted by atomic mass is 10.1. The third-order valence-electron chi connectivity index (χ3n) is 5.60. The molecule has 0 bridgehead atoms. The van der Waals surface area contributed by atoms with Gasteiger partial charge in [0.25, 0.3) is 5.56 Å². The predicted molar refractivity (Wildman–Crippen MR) is 140 cm³/mol. The topological polar surface area (TPSA) is 87.7 Å². The Labute approximate surface area is 209 Å². The number of methoxy groups -OCH3 is 1. The maximum atomic E-state index is 13.2. The highest BCUT2D eigenvalue weighted by atomic mass is 32.1. The predicted octanol–water partition coefficient (Wildman–Crippen LogP) is 4.45. The number of ether oxygens (including phenoxy) is 2. The molecule has 0 fully saturated rings. The molecule has 0 aliphatic heterocycles. The van der Waals surface area contributed by atoms with Gasteiger partial charge in [0, 0.05) is 29.6 Å². The Balaban J connectivity index is 1.61. The van der Waals surface area contributed by atoms with Crippen molar-refractivity contribution in [3.63, 3.8) is 0 Å². The number of fused-ring (bicyclic) bond motifs is 1. The molecule has 35 heavy (non-hydrogen) atoms. The summed E-state index contributed by atoms with van der Waals surface area (Å²) >= 11 is 1.44. The van der Waals surface area contributed by atoms with Crippen LogP contribution in [-0.4, -0.2) is 52.4 Å². The zero-order chi connectivity index (χ0) is 24.8. The van der Waals surface area contributed by atoms with Crippen molar-refractivity contribution in [2.24, 2.45) is 0 Å². The number of nitrogens with one attached hydrogen (secondary N) is 1. The number of thiophene rings is 1. The summed E-state index contributed by atoms with van der Waals surface area (Å²) in [7, 11) is 1.62. The van der Waals surface area contributed by atoms with E-state index in [9.17, 15) is 9.90 Å². The smallest absolute Gasteiger partial charge is 0.260 e. The SMILES string of the molecule is COc1ccccc1-c1csc2nc(CN(Cc3ccccc3)C[C@@H](O)COC(C)C)[nH]c(=O)c12. The Morgan fingerprint density at radius 2 is 1.80 bits per heavy atom. The van der Waals surface area contributed by atoms with E-state index in [0.29, 0.717) is 41.4 Å². The van der Waals surface area contributed by atoms with E-state index < -0.39 is 6.10 Å². The number of H-pyrrole nitrogens is 1. The second-order valence-electron chi connectivity index (χ2n) is 8.73. The van der Waals surface area contributed by atoms with Crippen LogP contribution in [0.5, 0.6) is 5.75 Å². The third-order valence-corrected chi connectivity index (χ3v) is 6.48. The number of hydrogen-bond donors (Lipinski definition) is 2. The monoisotopic (exact) mass is 493 g/mol.